The third-order valence-electron chi connectivity index (χ3n) is 6.72. The molecule has 2 saturated heterocycles. The smallest absolute Gasteiger partial charge is 0.234 e. The van der Waals surface area contributed by atoms with Gasteiger partial charge in [-0.05, 0) is 49.8 Å². The molecule has 1 aromatic rings. The Balaban J connectivity index is 1.28. The van der Waals surface area contributed by atoms with E-state index in [1.807, 2.05) is 12.1 Å². The monoisotopic (exact) mass is 397 g/mol. The molecule has 6 heteroatoms. The van der Waals surface area contributed by atoms with Crippen molar-refractivity contribution in [1.29, 1.82) is 0 Å². The molecule has 1 unspecified atom stereocenters. The van der Waals surface area contributed by atoms with E-state index in [0.29, 0.717) is 12.8 Å². The van der Waals surface area contributed by atoms with Crippen molar-refractivity contribution >= 4 is 23.4 Å². The molecule has 0 radical (unpaired) electrons. The first-order valence-corrected chi connectivity index (χ1v) is 11.1. The third kappa shape index (κ3) is 4.80. The molecular weight excluding hydrogens is 366 g/mol. The highest BCUT2D eigenvalue weighted by molar-refractivity contribution is 6.00. The largest absolute Gasteiger partial charge is 0.371 e. The van der Waals surface area contributed by atoms with Gasteiger partial charge in [-0.3, -0.25) is 19.7 Å². The highest BCUT2D eigenvalue weighted by Gasteiger charge is 2.29. The topological polar surface area (TPSA) is 78.5 Å². The van der Waals surface area contributed by atoms with Crippen LogP contribution in [0.15, 0.2) is 24.3 Å². The Bertz CT molecular complexity index is 747. The predicted octanol–water partition coefficient (Wildman–Crippen LogP) is 2.87. The molecule has 156 valence electrons. The average molecular weight is 398 g/mol. The summed E-state index contributed by atoms with van der Waals surface area (Å²) < 4.78 is 0. The van der Waals surface area contributed by atoms with Crippen LogP contribution in [0.3, 0.4) is 0 Å². The zero-order valence-corrected chi connectivity index (χ0v) is 17.0. The lowest BCUT2D eigenvalue weighted by Gasteiger charge is -2.35. The Morgan fingerprint density at radius 3 is 2.28 bits per heavy atom. The maximum Gasteiger partial charge on any atom is 0.234 e. The first-order valence-electron chi connectivity index (χ1n) is 11.1. The summed E-state index contributed by atoms with van der Waals surface area (Å²) in [4.78, 5) is 38.2. The lowest BCUT2D eigenvalue weighted by molar-refractivity contribution is -0.134. The molecule has 4 rings (SSSR count). The summed E-state index contributed by atoms with van der Waals surface area (Å²) in [5.41, 5.74) is 2.12. The Hall–Kier alpha value is -2.37. The highest BCUT2D eigenvalue weighted by atomic mass is 16.2. The minimum atomic E-state index is -0.234. The van der Waals surface area contributed by atoms with Gasteiger partial charge >= 0.3 is 0 Å². The molecular formula is C23H31N3O3. The van der Waals surface area contributed by atoms with Crippen LogP contribution in [0.5, 0.6) is 0 Å². The van der Waals surface area contributed by atoms with E-state index >= 15 is 0 Å². The second-order valence-electron chi connectivity index (χ2n) is 8.70. The first kappa shape index (κ1) is 19.9. The molecule has 2 heterocycles. The number of nitrogens with zero attached hydrogens (tertiary/aromatic N) is 1. The van der Waals surface area contributed by atoms with E-state index in [9.17, 15) is 14.4 Å². The molecule has 2 N–H and O–H groups in total. The number of hydrogen-bond acceptors (Lipinski definition) is 4. The fourth-order valence-corrected chi connectivity index (χ4v) is 4.89. The average Bonchev–Trinajstić information content (AvgIpc) is 2.75. The first-order chi connectivity index (χ1) is 14.1. The normalized spacial score (nSPS) is 24.3. The number of rotatable bonds is 4. The van der Waals surface area contributed by atoms with Crippen molar-refractivity contribution in [3.63, 3.8) is 0 Å². The van der Waals surface area contributed by atoms with Crippen LogP contribution < -0.4 is 15.5 Å². The molecule has 3 aliphatic rings. The van der Waals surface area contributed by atoms with Gasteiger partial charge in [-0.25, -0.2) is 0 Å². The van der Waals surface area contributed by atoms with Crippen LogP contribution in [0.4, 0.5) is 5.69 Å². The van der Waals surface area contributed by atoms with Crippen LogP contribution in [0.2, 0.25) is 0 Å². The maximum absolute atomic E-state index is 12.5. The van der Waals surface area contributed by atoms with Crippen molar-refractivity contribution in [2.45, 2.75) is 69.7 Å². The second-order valence-corrected chi connectivity index (χ2v) is 8.70. The van der Waals surface area contributed by atoms with Crippen LogP contribution in [0, 0.1) is 5.92 Å². The number of benzene rings is 1. The zero-order valence-electron chi connectivity index (χ0n) is 17.0. The van der Waals surface area contributed by atoms with Gasteiger partial charge in [-0.1, -0.05) is 31.4 Å². The van der Waals surface area contributed by atoms with Gasteiger partial charge in [0.1, 0.15) is 0 Å². The lowest BCUT2D eigenvalue weighted by Crippen LogP contribution is -2.46. The van der Waals surface area contributed by atoms with Gasteiger partial charge in [0.2, 0.25) is 17.7 Å². The predicted molar refractivity (Wildman–Crippen MR) is 112 cm³/mol. The van der Waals surface area contributed by atoms with E-state index < -0.39 is 0 Å². The van der Waals surface area contributed by atoms with E-state index in [-0.39, 0.29) is 35.6 Å². The molecule has 2 aliphatic heterocycles. The van der Waals surface area contributed by atoms with E-state index in [4.69, 9.17) is 0 Å². The van der Waals surface area contributed by atoms with Gasteiger partial charge in [-0.15, -0.1) is 0 Å². The molecule has 0 spiro atoms. The quantitative estimate of drug-likeness (QED) is 0.766. The van der Waals surface area contributed by atoms with Crippen molar-refractivity contribution in [2.24, 2.45) is 5.92 Å². The van der Waals surface area contributed by atoms with Crippen molar-refractivity contribution < 1.29 is 14.4 Å². The van der Waals surface area contributed by atoms with E-state index in [2.05, 4.69) is 27.7 Å². The van der Waals surface area contributed by atoms with Gasteiger partial charge in [-0.2, -0.15) is 0 Å². The molecule has 1 aliphatic carbocycles. The van der Waals surface area contributed by atoms with Crippen molar-refractivity contribution in [2.75, 3.05) is 18.0 Å². The summed E-state index contributed by atoms with van der Waals surface area (Å²) >= 11 is 0. The molecule has 3 fully saturated rings. The molecule has 1 atom stereocenters. The maximum atomic E-state index is 12.5. The van der Waals surface area contributed by atoms with Gasteiger partial charge in [0.15, 0.2) is 0 Å². The number of carbonyl (C=O) groups excluding carboxylic acids is 3. The van der Waals surface area contributed by atoms with E-state index in [1.165, 1.54) is 19.3 Å². The van der Waals surface area contributed by atoms with Crippen molar-refractivity contribution in [3.8, 4) is 0 Å². The van der Waals surface area contributed by atoms with Crippen LogP contribution in [0.1, 0.15) is 69.3 Å². The van der Waals surface area contributed by atoms with Crippen molar-refractivity contribution in [3.05, 3.63) is 29.8 Å². The molecule has 0 bridgehead atoms. The summed E-state index contributed by atoms with van der Waals surface area (Å²) in [6, 6.07) is 8.43. The molecule has 0 aromatic heterocycles. The molecule has 1 aromatic carbocycles. The van der Waals surface area contributed by atoms with Crippen LogP contribution in [-0.4, -0.2) is 36.9 Å². The number of piperidine rings is 2. The Kier molecular flexibility index (Phi) is 6.16. The Labute approximate surface area is 172 Å². The summed E-state index contributed by atoms with van der Waals surface area (Å²) in [5.74, 6) is -0.120. The van der Waals surface area contributed by atoms with Crippen LogP contribution in [0.25, 0.3) is 0 Å². The molecule has 29 heavy (non-hydrogen) atoms. The minimum absolute atomic E-state index is 0.179. The SMILES string of the molecule is O=C1CCC(c2ccc(N3CCC(NC(=O)C4CCCCC4)CC3)cc2)C(=O)N1. The Morgan fingerprint density at radius 2 is 1.62 bits per heavy atom. The Morgan fingerprint density at radius 1 is 0.931 bits per heavy atom. The summed E-state index contributed by atoms with van der Waals surface area (Å²) in [5, 5.41) is 5.71. The summed E-state index contributed by atoms with van der Waals surface area (Å²) in [6.07, 6.45) is 8.64. The molecule has 1 saturated carbocycles. The zero-order chi connectivity index (χ0) is 20.2. The van der Waals surface area contributed by atoms with Gasteiger partial charge in [0, 0.05) is 37.2 Å². The summed E-state index contributed by atoms with van der Waals surface area (Å²) in [7, 11) is 0. The number of nitrogens with one attached hydrogen (secondary N) is 2. The number of amides is 3. The van der Waals surface area contributed by atoms with E-state index in [0.717, 1.165) is 50.0 Å². The van der Waals surface area contributed by atoms with Gasteiger partial charge in [0.25, 0.3) is 0 Å². The second kappa shape index (κ2) is 8.97. The van der Waals surface area contributed by atoms with Crippen LogP contribution in [-0.2, 0) is 14.4 Å². The summed E-state index contributed by atoms with van der Waals surface area (Å²) in [6.45, 7) is 1.85. The van der Waals surface area contributed by atoms with Crippen LogP contribution >= 0.6 is 0 Å². The number of anilines is 1. The van der Waals surface area contributed by atoms with Gasteiger partial charge < -0.3 is 10.2 Å². The van der Waals surface area contributed by atoms with Gasteiger partial charge in [0.05, 0.1) is 5.92 Å². The number of carbonyl (C=O) groups is 3. The fraction of sp³-hybridized carbons (Fsp3) is 0.609. The number of imide groups is 1. The molecule has 6 nitrogen and oxygen atoms in total. The van der Waals surface area contributed by atoms with E-state index in [1.54, 1.807) is 0 Å². The standard InChI is InChI=1S/C23H31N3O3/c27-21-11-10-20(23(29)25-21)16-6-8-19(9-7-16)26-14-12-18(13-15-26)24-22(28)17-4-2-1-3-5-17/h6-9,17-18,20H,1-5,10-15H2,(H,24,28)(H,25,27,29). The molecule has 3 amide bonds. The fourth-order valence-electron chi connectivity index (χ4n) is 4.89. The minimum Gasteiger partial charge on any atom is -0.371 e. The van der Waals surface area contributed by atoms with Crippen molar-refractivity contribution in [1.82, 2.24) is 10.6 Å². The lowest BCUT2D eigenvalue weighted by atomic mass is 9.88. The third-order valence-corrected chi connectivity index (χ3v) is 6.72. The highest BCUT2D eigenvalue weighted by Crippen LogP contribution is 2.28. The number of hydrogen-bond donors (Lipinski definition) is 2.